The van der Waals surface area contributed by atoms with Crippen LogP contribution in [0.4, 0.5) is 5.69 Å². The molecule has 0 aliphatic heterocycles. The van der Waals surface area contributed by atoms with Crippen LogP contribution >= 0.6 is 39.1 Å². The second-order valence-electron chi connectivity index (χ2n) is 10.1. The number of amides is 2. The minimum atomic E-state index is -4.24. The molecule has 4 rings (SSSR count). The summed E-state index contributed by atoms with van der Waals surface area (Å²) in [5, 5.41) is 3.25. The van der Waals surface area contributed by atoms with Crippen LogP contribution in [-0.2, 0) is 26.2 Å². The van der Waals surface area contributed by atoms with E-state index < -0.39 is 28.5 Å². The van der Waals surface area contributed by atoms with Crippen molar-refractivity contribution in [2.24, 2.45) is 0 Å². The van der Waals surface area contributed by atoms with Crippen LogP contribution in [0, 0.1) is 0 Å². The lowest BCUT2D eigenvalue weighted by atomic mass is 9.95. The van der Waals surface area contributed by atoms with Crippen molar-refractivity contribution in [3.63, 3.8) is 0 Å². The van der Waals surface area contributed by atoms with Crippen LogP contribution in [0.5, 0.6) is 0 Å². The van der Waals surface area contributed by atoms with Gasteiger partial charge in [0.05, 0.1) is 20.6 Å². The predicted molar refractivity (Wildman–Crippen MR) is 167 cm³/mol. The van der Waals surface area contributed by atoms with Gasteiger partial charge in [-0.25, -0.2) is 8.42 Å². The molecule has 3 aromatic rings. The van der Waals surface area contributed by atoms with Gasteiger partial charge < -0.3 is 10.2 Å². The molecule has 0 heterocycles. The maximum Gasteiger partial charge on any atom is 0.264 e. The van der Waals surface area contributed by atoms with Crippen molar-refractivity contribution in [3.05, 3.63) is 92.9 Å². The number of hydrogen-bond acceptors (Lipinski definition) is 4. The number of nitrogens with one attached hydrogen (secondary N) is 1. The van der Waals surface area contributed by atoms with Gasteiger partial charge in [0.15, 0.2) is 0 Å². The largest absolute Gasteiger partial charge is 0.352 e. The second-order valence-corrected chi connectivity index (χ2v) is 13.6. The summed E-state index contributed by atoms with van der Waals surface area (Å²) in [6.07, 6.45) is 5.04. The van der Waals surface area contributed by atoms with Crippen LogP contribution in [0.15, 0.2) is 82.2 Å². The fourth-order valence-corrected chi connectivity index (χ4v) is 7.24. The van der Waals surface area contributed by atoms with E-state index in [0.717, 1.165) is 46.4 Å². The van der Waals surface area contributed by atoms with Crippen molar-refractivity contribution < 1.29 is 18.0 Å². The number of sulfonamides is 1. The first-order valence-corrected chi connectivity index (χ1v) is 16.4. The summed E-state index contributed by atoms with van der Waals surface area (Å²) in [5.41, 5.74) is 0.849. The second kappa shape index (κ2) is 14.1. The Bertz CT molecular complexity index is 1480. The van der Waals surface area contributed by atoms with Crippen molar-refractivity contribution in [3.8, 4) is 0 Å². The van der Waals surface area contributed by atoms with Crippen molar-refractivity contribution in [1.82, 2.24) is 10.2 Å². The molecule has 0 saturated heterocycles. The molecule has 7 nitrogen and oxygen atoms in total. The van der Waals surface area contributed by atoms with E-state index in [4.69, 9.17) is 23.2 Å². The van der Waals surface area contributed by atoms with E-state index in [-0.39, 0.29) is 39.1 Å². The van der Waals surface area contributed by atoms with E-state index in [1.165, 1.54) is 23.1 Å². The average molecular weight is 681 g/mol. The van der Waals surface area contributed by atoms with Gasteiger partial charge in [-0.3, -0.25) is 13.9 Å². The standard InChI is InChI=1S/C30H32BrCl2N3O4S/c1-21(30(38)34-24-12-4-2-5-13-24)35(19-22-10-8-11-23(31)18-22)28(37)20-36(27-17-9-16-26(32)29(27)33)41(39,40)25-14-6-3-7-15-25/h3,6-11,14-18,21,24H,2,4-5,12-13,19-20H2,1H3,(H,34,38)/t21-/m1/s1. The van der Waals surface area contributed by atoms with Crippen molar-refractivity contribution in [1.29, 1.82) is 0 Å². The third-order valence-electron chi connectivity index (χ3n) is 7.17. The molecule has 0 aromatic heterocycles. The van der Waals surface area contributed by atoms with E-state index in [1.807, 2.05) is 24.3 Å². The van der Waals surface area contributed by atoms with Gasteiger partial charge in [0.2, 0.25) is 11.8 Å². The molecule has 2 amide bonds. The number of rotatable bonds is 10. The van der Waals surface area contributed by atoms with Crippen molar-refractivity contribution in [2.45, 2.75) is 62.6 Å². The molecule has 41 heavy (non-hydrogen) atoms. The monoisotopic (exact) mass is 679 g/mol. The van der Waals surface area contributed by atoms with Crippen molar-refractivity contribution in [2.75, 3.05) is 10.8 Å². The summed E-state index contributed by atoms with van der Waals surface area (Å²) in [5.74, 6) is -0.842. The molecule has 0 radical (unpaired) electrons. The quantitative estimate of drug-likeness (QED) is 0.255. The fraction of sp³-hybridized carbons (Fsp3) is 0.333. The molecule has 1 atom stereocenters. The van der Waals surface area contributed by atoms with Crippen LogP contribution in [0.25, 0.3) is 0 Å². The highest BCUT2D eigenvalue weighted by Crippen LogP contribution is 2.35. The molecule has 11 heteroatoms. The van der Waals surface area contributed by atoms with Gasteiger partial charge in [-0.2, -0.15) is 0 Å². The lowest BCUT2D eigenvalue weighted by Crippen LogP contribution is -2.53. The number of carbonyl (C=O) groups excluding carboxylic acids is 2. The molecule has 1 fully saturated rings. The van der Waals surface area contributed by atoms with E-state index in [0.29, 0.717) is 0 Å². The minimum absolute atomic E-state index is 0.00287. The zero-order chi connectivity index (χ0) is 29.6. The summed E-state index contributed by atoms with van der Waals surface area (Å²) in [6, 6.07) is 19.0. The highest BCUT2D eigenvalue weighted by Gasteiger charge is 2.34. The number of benzene rings is 3. The van der Waals surface area contributed by atoms with Gasteiger partial charge in [0.1, 0.15) is 12.6 Å². The van der Waals surface area contributed by atoms with Crippen LogP contribution in [-0.4, -0.2) is 43.8 Å². The van der Waals surface area contributed by atoms with Crippen molar-refractivity contribution >= 4 is 66.7 Å². The molecule has 3 aromatic carbocycles. The lowest BCUT2D eigenvalue weighted by Gasteiger charge is -2.33. The maximum atomic E-state index is 14.1. The van der Waals surface area contributed by atoms with E-state index >= 15 is 0 Å². The maximum absolute atomic E-state index is 14.1. The Kier molecular flexibility index (Phi) is 10.7. The Balaban J connectivity index is 1.70. The topological polar surface area (TPSA) is 86.8 Å². The summed E-state index contributed by atoms with van der Waals surface area (Å²) in [6.45, 7) is 1.17. The van der Waals surface area contributed by atoms with E-state index in [1.54, 1.807) is 37.3 Å². The molecule has 1 aliphatic carbocycles. The Morgan fingerprint density at radius 3 is 2.34 bits per heavy atom. The summed E-state index contributed by atoms with van der Waals surface area (Å²) in [7, 11) is -4.24. The molecule has 1 aliphatic rings. The molecule has 1 saturated carbocycles. The summed E-state index contributed by atoms with van der Waals surface area (Å²) in [4.78, 5) is 28.9. The Labute approximate surface area is 260 Å². The zero-order valence-electron chi connectivity index (χ0n) is 22.6. The summed E-state index contributed by atoms with van der Waals surface area (Å²) >= 11 is 16.2. The van der Waals surface area contributed by atoms with Gasteiger partial charge in [-0.05, 0) is 61.7 Å². The SMILES string of the molecule is C[C@H](C(=O)NC1CCCCC1)N(Cc1cccc(Br)c1)C(=O)CN(c1cccc(Cl)c1Cl)S(=O)(=O)c1ccccc1. The van der Waals surface area contributed by atoms with Crippen LogP contribution < -0.4 is 9.62 Å². The summed E-state index contributed by atoms with van der Waals surface area (Å²) < 4.78 is 29.6. The predicted octanol–water partition coefficient (Wildman–Crippen LogP) is 6.82. The third kappa shape index (κ3) is 7.83. The zero-order valence-corrected chi connectivity index (χ0v) is 26.5. The smallest absolute Gasteiger partial charge is 0.264 e. The molecule has 1 N–H and O–H groups in total. The molecule has 0 spiro atoms. The minimum Gasteiger partial charge on any atom is -0.352 e. The first-order chi connectivity index (χ1) is 19.6. The first kappa shape index (κ1) is 31.3. The number of halogens is 3. The third-order valence-corrected chi connectivity index (χ3v) is 10.2. The van der Waals surface area contributed by atoms with Gasteiger partial charge in [-0.1, -0.05) is 94.8 Å². The molecule has 218 valence electrons. The van der Waals surface area contributed by atoms with Gasteiger partial charge in [0.25, 0.3) is 10.0 Å². The van der Waals surface area contributed by atoms with Gasteiger partial charge in [0, 0.05) is 17.1 Å². The van der Waals surface area contributed by atoms with Crippen LogP contribution in [0.2, 0.25) is 10.0 Å². The fourth-order valence-electron chi connectivity index (χ4n) is 4.90. The first-order valence-electron chi connectivity index (χ1n) is 13.4. The molecule has 0 bridgehead atoms. The molecule has 0 unspecified atom stereocenters. The lowest BCUT2D eigenvalue weighted by molar-refractivity contribution is -0.139. The van der Waals surface area contributed by atoms with Crippen LogP contribution in [0.3, 0.4) is 0 Å². The van der Waals surface area contributed by atoms with Gasteiger partial charge >= 0.3 is 0 Å². The van der Waals surface area contributed by atoms with E-state index in [9.17, 15) is 18.0 Å². The Morgan fingerprint density at radius 2 is 1.66 bits per heavy atom. The number of nitrogens with zero attached hydrogens (tertiary/aromatic N) is 2. The average Bonchev–Trinajstić information content (AvgIpc) is 2.97. The van der Waals surface area contributed by atoms with Gasteiger partial charge in [-0.15, -0.1) is 0 Å². The normalized spacial score (nSPS) is 14.7. The highest BCUT2D eigenvalue weighted by atomic mass is 79.9. The number of hydrogen-bond donors (Lipinski definition) is 1. The molecular weight excluding hydrogens is 649 g/mol. The Morgan fingerprint density at radius 1 is 0.976 bits per heavy atom. The van der Waals surface area contributed by atoms with E-state index in [2.05, 4.69) is 21.2 Å². The van der Waals surface area contributed by atoms with Crippen LogP contribution in [0.1, 0.15) is 44.6 Å². The Hall–Kier alpha value is -2.59. The number of anilines is 1. The molecular formula is C30H32BrCl2N3O4S. The number of carbonyl (C=O) groups is 2. The highest BCUT2D eigenvalue weighted by molar-refractivity contribution is 9.10.